The summed E-state index contributed by atoms with van der Waals surface area (Å²) in [5.41, 5.74) is 3.38. The van der Waals surface area contributed by atoms with Gasteiger partial charge in [-0.3, -0.25) is 9.59 Å². The summed E-state index contributed by atoms with van der Waals surface area (Å²) in [6, 6.07) is 16.2. The van der Waals surface area contributed by atoms with Crippen LogP contribution in [0.4, 0.5) is 5.69 Å². The van der Waals surface area contributed by atoms with Crippen molar-refractivity contribution in [2.24, 2.45) is 5.10 Å². The van der Waals surface area contributed by atoms with Crippen molar-refractivity contribution in [1.29, 1.82) is 0 Å². The lowest BCUT2D eigenvalue weighted by Crippen LogP contribution is -2.32. The van der Waals surface area contributed by atoms with E-state index >= 15 is 0 Å². The van der Waals surface area contributed by atoms with Gasteiger partial charge < -0.3 is 14.5 Å². The van der Waals surface area contributed by atoms with Crippen molar-refractivity contribution in [2.45, 2.75) is 18.4 Å². The predicted octanol–water partition coefficient (Wildman–Crippen LogP) is 2.16. The maximum Gasteiger partial charge on any atom is 0.329 e. The number of hydrogen-bond donors (Lipinski definition) is 3. The molecule has 2 amide bonds. The minimum atomic E-state index is -3.69. The van der Waals surface area contributed by atoms with Crippen LogP contribution in [-0.4, -0.2) is 33.6 Å². The molecule has 1 heterocycles. The lowest BCUT2D eigenvalue weighted by atomic mass is 10.2. The Bertz CT molecular complexity index is 1270. The standard InChI is InChI=1S/C22H22N4O6S/c1-15-7-11-18(12-8-15)33(29,30)24-14-17-10-9-16(32-17)13-23-26-22(28)21(27)25-19-5-3-4-6-20(19)31-2/h3-13,24H,14H2,1-2H3,(H,25,27)(H,26,28)/b23-13+. The number of benzene rings is 2. The van der Waals surface area contributed by atoms with Crippen molar-refractivity contribution in [2.75, 3.05) is 12.4 Å². The fraction of sp³-hybridized carbons (Fsp3) is 0.136. The van der Waals surface area contributed by atoms with E-state index in [1.54, 1.807) is 48.5 Å². The van der Waals surface area contributed by atoms with Crippen LogP contribution in [0.5, 0.6) is 5.75 Å². The molecule has 0 radical (unpaired) electrons. The first-order chi connectivity index (χ1) is 15.8. The molecule has 10 nitrogen and oxygen atoms in total. The maximum atomic E-state index is 12.3. The highest BCUT2D eigenvalue weighted by Crippen LogP contribution is 2.22. The molecular weight excluding hydrogens is 448 g/mol. The average Bonchev–Trinajstić information content (AvgIpc) is 3.26. The average molecular weight is 471 g/mol. The quantitative estimate of drug-likeness (QED) is 0.262. The van der Waals surface area contributed by atoms with Gasteiger partial charge >= 0.3 is 11.8 Å². The molecule has 33 heavy (non-hydrogen) atoms. The van der Waals surface area contributed by atoms with Gasteiger partial charge in [0.2, 0.25) is 10.0 Å². The molecule has 2 aromatic carbocycles. The molecule has 0 bridgehead atoms. The number of carbonyl (C=O) groups is 2. The van der Waals surface area contributed by atoms with Crippen LogP contribution in [0, 0.1) is 6.92 Å². The number of ether oxygens (including phenoxy) is 1. The molecule has 0 saturated carbocycles. The van der Waals surface area contributed by atoms with E-state index in [0.717, 1.165) is 5.56 Å². The Labute approximate surface area is 190 Å². The van der Waals surface area contributed by atoms with E-state index in [0.29, 0.717) is 17.2 Å². The van der Waals surface area contributed by atoms with E-state index in [9.17, 15) is 18.0 Å². The number of aryl methyl sites for hydroxylation is 1. The van der Waals surface area contributed by atoms with Crippen molar-refractivity contribution in [3.63, 3.8) is 0 Å². The highest BCUT2D eigenvalue weighted by molar-refractivity contribution is 7.89. The van der Waals surface area contributed by atoms with Crippen LogP contribution in [0.3, 0.4) is 0 Å². The van der Waals surface area contributed by atoms with Crippen LogP contribution in [-0.2, 0) is 26.2 Å². The molecule has 0 aliphatic rings. The second-order valence-electron chi connectivity index (χ2n) is 6.80. The number of nitrogens with one attached hydrogen (secondary N) is 3. The summed E-state index contributed by atoms with van der Waals surface area (Å²) in [5, 5.41) is 6.10. The predicted molar refractivity (Wildman–Crippen MR) is 121 cm³/mol. The fourth-order valence-electron chi connectivity index (χ4n) is 2.66. The van der Waals surface area contributed by atoms with Crippen LogP contribution in [0.2, 0.25) is 0 Å². The van der Waals surface area contributed by atoms with Gasteiger partial charge in [-0.2, -0.15) is 5.10 Å². The van der Waals surface area contributed by atoms with Gasteiger partial charge in [0.1, 0.15) is 17.3 Å². The Kier molecular flexibility index (Phi) is 7.59. The lowest BCUT2D eigenvalue weighted by molar-refractivity contribution is -0.136. The largest absolute Gasteiger partial charge is 0.495 e. The van der Waals surface area contributed by atoms with Crippen LogP contribution in [0.25, 0.3) is 0 Å². The topological polar surface area (TPSA) is 139 Å². The van der Waals surface area contributed by atoms with Crippen LogP contribution < -0.4 is 20.2 Å². The molecule has 0 aliphatic carbocycles. The third kappa shape index (κ3) is 6.51. The second-order valence-corrected chi connectivity index (χ2v) is 8.56. The van der Waals surface area contributed by atoms with Crippen molar-refractivity contribution in [3.05, 3.63) is 77.7 Å². The second kappa shape index (κ2) is 10.6. The highest BCUT2D eigenvalue weighted by Gasteiger charge is 2.16. The van der Waals surface area contributed by atoms with E-state index in [4.69, 9.17) is 9.15 Å². The molecule has 3 aromatic rings. The van der Waals surface area contributed by atoms with Crippen molar-refractivity contribution in [3.8, 4) is 5.75 Å². The Balaban J connectivity index is 1.51. The molecule has 172 valence electrons. The zero-order valence-corrected chi connectivity index (χ0v) is 18.7. The number of para-hydroxylation sites is 2. The molecule has 0 saturated heterocycles. The van der Waals surface area contributed by atoms with Gasteiger partial charge in [-0.1, -0.05) is 29.8 Å². The molecule has 0 aliphatic heterocycles. The number of carbonyl (C=O) groups excluding carboxylic acids is 2. The highest BCUT2D eigenvalue weighted by atomic mass is 32.2. The number of hydrogen-bond acceptors (Lipinski definition) is 7. The van der Waals surface area contributed by atoms with Gasteiger partial charge in [-0.05, 0) is 43.3 Å². The number of nitrogens with zero attached hydrogens (tertiary/aromatic N) is 1. The molecule has 0 fully saturated rings. The number of hydrazone groups is 1. The Morgan fingerprint density at radius 2 is 1.76 bits per heavy atom. The van der Waals surface area contributed by atoms with E-state index < -0.39 is 21.8 Å². The summed E-state index contributed by atoms with van der Waals surface area (Å²) in [4.78, 5) is 24.1. The third-order valence-corrected chi connectivity index (χ3v) is 5.79. The molecule has 0 atom stereocenters. The molecule has 0 unspecified atom stereocenters. The van der Waals surface area contributed by atoms with Crippen molar-refractivity contribution < 1.29 is 27.2 Å². The summed E-state index contributed by atoms with van der Waals surface area (Å²) in [5.74, 6) is -0.919. The van der Waals surface area contributed by atoms with E-state index in [1.165, 1.54) is 25.5 Å². The van der Waals surface area contributed by atoms with Crippen molar-refractivity contribution in [1.82, 2.24) is 10.1 Å². The number of furan rings is 1. The van der Waals surface area contributed by atoms with Crippen LogP contribution >= 0.6 is 0 Å². The molecule has 0 spiro atoms. The lowest BCUT2D eigenvalue weighted by Gasteiger charge is -2.08. The van der Waals surface area contributed by atoms with Gasteiger partial charge in [-0.25, -0.2) is 18.6 Å². The van der Waals surface area contributed by atoms with Crippen LogP contribution in [0.1, 0.15) is 17.1 Å². The van der Waals surface area contributed by atoms with Crippen LogP contribution in [0.15, 0.2) is 75.1 Å². The smallest absolute Gasteiger partial charge is 0.329 e. The monoisotopic (exact) mass is 470 g/mol. The summed E-state index contributed by atoms with van der Waals surface area (Å²) in [6.07, 6.45) is 1.19. The molecule has 3 rings (SSSR count). The third-order valence-electron chi connectivity index (χ3n) is 4.37. The first-order valence-electron chi connectivity index (χ1n) is 9.71. The number of amides is 2. The zero-order valence-electron chi connectivity index (χ0n) is 17.9. The molecular formula is C22H22N4O6S. The SMILES string of the molecule is COc1ccccc1NC(=O)C(=O)N/N=C/c1ccc(CNS(=O)(=O)c2ccc(C)cc2)o1. The fourth-order valence-corrected chi connectivity index (χ4v) is 3.65. The molecule has 1 aromatic heterocycles. The van der Waals surface area contributed by atoms with Gasteiger partial charge in [-0.15, -0.1) is 0 Å². The van der Waals surface area contributed by atoms with Gasteiger partial charge in [0, 0.05) is 0 Å². The molecule has 11 heteroatoms. The van der Waals surface area contributed by atoms with Gasteiger partial charge in [0.05, 0.1) is 30.5 Å². The Morgan fingerprint density at radius 1 is 1.03 bits per heavy atom. The first-order valence-corrected chi connectivity index (χ1v) is 11.2. The van der Waals surface area contributed by atoms with E-state index in [1.807, 2.05) is 6.92 Å². The molecule has 3 N–H and O–H groups in total. The summed E-state index contributed by atoms with van der Waals surface area (Å²) in [6.45, 7) is 1.79. The minimum Gasteiger partial charge on any atom is -0.495 e. The summed E-state index contributed by atoms with van der Waals surface area (Å²) >= 11 is 0. The summed E-state index contributed by atoms with van der Waals surface area (Å²) in [7, 11) is -2.24. The Morgan fingerprint density at radius 3 is 2.48 bits per heavy atom. The number of sulfonamides is 1. The van der Waals surface area contributed by atoms with Crippen molar-refractivity contribution >= 4 is 33.7 Å². The van der Waals surface area contributed by atoms with Gasteiger partial charge in [0.25, 0.3) is 0 Å². The van der Waals surface area contributed by atoms with E-state index in [-0.39, 0.29) is 17.2 Å². The van der Waals surface area contributed by atoms with E-state index in [2.05, 4.69) is 20.6 Å². The number of anilines is 1. The minimum absolute atomic E-state index is 0.0717. The normalized spacial score (nSPS) is 11.3. The maximum absolute atomic E-state index is 12.3. The Hall–Kier alpha value is -3.96. The zero-order chi connectivity index (χ0) is 23.8. The van der Waals surface area contributed by atoms with Gasteiger partial charge in [0.15, 0.2) is 0 Å². The number of methoxy groups -OCH3 is 1. The number of rotatable bonds is 8. The summed E-state index contributed by atoms with van der Waals surface area (Å²) < 4.78 is 37.7. The first kappa shape index (κ1) is 23.7.